The number of benzene rings is 1. The van der Waals surface area contributed by atoms with Crippen LogP contribution in [-0.4, -0.2) is 30.2 Å². The van der Waals surface area contributed by atoms with Gasteiger partial charge in [0.1, 0.15) is 0 Å². The highest BCUT2D eigenvalue weighted by Gasteiger charge is 2.41. The summed E-state index contributed by atoms with van der Waals surface area (Å²) in [7, 11) is 0. The molecule has 1 aliphatic rings. The van der Waals surface area contributed by atoms with Gasteiger partial charge in [-0.1, -0.05) is 0 Å². The second kappa shape index (κ2) is 5.60. The van der Waals surface area contributed by atoms with Crippen LogP contribution in [0, 0.1) is 5.92 Å². The first-order valence-electron chi connectivity index (χ1n) is 6.34. The van der Waals surface area contributed by atoms with Crippen molar-refractivity contribution in [3.05, 3.63) is 24.3 Å². The molecule has 110 valence electrons. The molecule has 1 aliphatic heterocycles. The number of urea groups is 1. The second-order valence-electron chi connectivity index (χ2n) is 4.86. The van der Waals surface area contributed by atoms with Crippen LogP contribution in [0.4, 0.5) is 29.3 Å². The van der Waals surface area contributed by atoms with Gasteiger partial charge in [-0.25, -0.2) is 4.79 Å². The summed E-state index contributed by atoms with van der Waals surface area (Å²) in [5.41, 5.74) is 6.68. The van der Waals surface area contributed by atoms with E-state index in [2.05, 4.69) is 5.32 Å². The minimum Gasteiger partial charge on any atom is -0.399 e. The summed E-state index contributed by atoms with van der Waals surface area (Å²) < 4.78 is 37.6. The fourth-order valence-electron chi connectivity index (χ4n) is 2.18. The predicted molar refractivity (Wildman–Crippen MR) is 70.2 cm³/mol. The topological polar surface area (TPSA) is 58.4 Å². The Balaban J connectivity index is 1.87. The van der Waals surface area contributed by atoms with E-state index in [1.807, 2.05) is 0 Å². The molecule has 1 saturated heterocycles. The first kappa shape index (κ1) is 14.5. The zero-order valence-electron chi connectivity index (χ0n) is 10.8. The third-order valence-electron chi connectivity index (χ3n) is 3.41. The van der Waals surface area contributed by atoms with E-state index < -0.39 is 12.1 Å². The van der Waals surface area contributed by atoms with E-state index in [4.69, 9.17) is 5.73 Å². The Hall–Kier alpha value is -1.92. The average Bonchev–Trinajstić information content (AvgIpc) is 2.40. The molecule has 0 unspecified atom stereocenters. The first-order valence-corrected chi connectivity index (χ1v) is 6.34. The number of carbonyl (C=O) groups is 1. The highest BCUT2D eigenvalue weighted by atomic mass is 19.4. The minimum absolute atomic E-state index is 0.0430. The van der Waals surface area contributed by atoms with E-state index in [1.54, 1.807) is 24.3 Å². The normalized spacial score (nSPS) is 17.1. The smallest absolute Gasteiger partial charge is 0.391 e. The van der Waals surface area contributed by atoms with Crippen LogP contribution < -0.4 is 11.1 Å². The third-order valence-corrected chi connectivity index (χ3v) is 3.41. The Labute approximate surface area is 114 Å². The predicted octanol–water partition coefficient (Wildman–Crippen LogP) is 3.08. The first-order chi connectivity index (χ1) is 9.36. The maximum Gasteiger partial charge on any atom is 0.391 e. The van der Waals surface area contributed by atoms with E-state index in [9.17, 15) is 18.0 Å². The Bertz CT molecular complexity index is 465. The lowest BCUT2D eigenvalue weighted by Crippen LogP contribution is -2.43. The molecule has 2 rings (SSSR count). The van der Waals surface area contributed by atoms with Gasteiger partial charge in [-0.3, -0.25) is 0 Å². The van der Waals surface area contributed by atoms with E-state index in [-0.39, 0.29) is 32.0 Å². The van der Waals surface area contributed by atoms with Crippen molar-refractivity contribution in [2.45, 2.75) is 19.0 Å². The van der Waals surface area contributed by atoms with Crippen molar-refractivity contribution in [3.8, 4) is 0 Å². The number of anilines is 2. The van der Waals surface area contributed by atoms with E-state index in [0.29, 0.717) is 11.4 Å². The molecule has 0 aromatic heterocycles. The zero-order chi connectivity index (χ0) is 14.8. The summed E-state index contributed by atoms with van der Waals surface area (Å²) in [6.45, 7) is 0.232. The van der Waals surface area contributed by atoms with Crippen molar-refractivity contribution < 1.29 is 18.0 Å². The molecular weight excluding hydrogens is 271 g/mol. The van der Waals surface area contributed by atoms with Crippen molar-refractivity contribution in [1.29, 1.82) is 0 Å². The van der Waals surface area contributed by atoms with E-state index >= 15 is 0 Å². The SMILES string of the molecule is Nc1ccc(NC(=O)N2CCC(C(F)(F)F)CC2)cc1. The number of hydrogen-bond acceptors (Lipinski definition) is 2. The summed E-state index contributed by atoms with van der Waals surface area (Å²) in [5, 5.41) is 2.64. The lowest BCUT2D eigenvalue weighted by atomic mass is 9.96. The lowest BCUT2D eigenvalue weighted by molar-refractivity contribution is -0.183. The molecule has 0 bridgehead atoms. The number of nitrogens with zero attached hydrogens (tertiary/aromatic N) is 1. The molecular formula is C13H16F3N3O. The maximum absolute atomic E-state index is 12.5. The Morgan fingerprint density at radius 1 is 1.20 bits per heavy atom. The maximum atomic E-state index is 12.5. The van der Waals surface area contributed by atoms with Gasteiger partial charge < -0.3 is 16.0 Å². The standard InChI is InChI=1S/C13H16F3N3O/c14-13(15,16)9-5-7-19(8-6-9)12(20)18-11-3-1-10(17)2-4-11/h1-4,9H,5-8,17H2,(H,18,20). The van der Waals surface area contributed by atoms with Crippen LogP contribution in [0.2, 0.25) is 0 Å². The zero-order valence-corrected chi connectivity index (χ0v) is 10.8. The Kier molecular flexibility index (Phi) is 4.06. The van der Waals surface area contributed by atoms with Crippen molar-refractivity contribution in [3.63, 3.8) is 0 Å². The van der Waals surface area contributed by atoms with Crippen LogP contribution in [0.15, 0.2) is 24.3 Å². The highest BCUT2D eigenvalue weighted by molar-refractivity contribution is 5.89. The summed E-state index contributed by atoms with van der Waals surface area (Å²) >= 11 is 0. The number of amides is 2. The number of carbonyl (C=O) groups excluding carboxylic acids is 1. The van der Waals surface area contributed by atoms with Crippen molar-refractivity contribution >= 4 is 17.4 Å². The number of nitrogens with one attached hydrogen (secondary N) is 1. The molecule has 0 saturated carbocycles. The van der Waals surface area contributed by atoms with Crippen LogP contribution in [0.1, 0.15) is 12.8 Å². The number of rotatable bonds is 1. The molecule has 3 N–H and O–H groups in total. The van der Waals surface area contributed by atoms with Crippen LogP contribution in [0.3, 0.4) is 0 Å². The van der Waals surface area contributed by atoms with Gasteiger partial charge >= 0.3 is 12.2 Å². The second-order valence-corrected chi connectivity index (χ2v) is 4.86. The van der Waals surface area contributed by atoms with Gasteiger partial charge in [0, 0.05) is 24.5 Å². The van der Waals surface area contributed by atoms with Crippen molar-refractivity contribution in [2.24, 2.45) is 5.92 Å². The number of hydrogen-bond donors (Lipinski definition) is 2. The molecule has 0 aliphatic carbocycles. The molecule has 4 nitrogen and oxygen atoms in total. The monoisotopic (exact) mass is 287 g/mol. The number of nitrogen functional groups attached to an aromatic ring is 1. The van der Waals surface area contributed by atoms with Gasteiger partial charge in [0.25, 0.3) is 0 Å². The number of likely N-dealkylation sites (tertiary alicyclic amines) is 1. The fraction of sp³-hybridized carbons (Fsp3) is 0.462. The van der Waals surface area contributed by atoms with Crippen molar-refractivity contribution in [2.75, 3.05) is 24.1 Å². The molecule has 1 aromatic carbocycles. The molecule has 20 heavy (non-hydrogen) atoms. The molecule has 1 aromatic rings. The molecule has 1 fully saturated rings. The van der Waals surface area contributed by atoms with Crippen molar-refractivity contribution in [1.82, 2.24) is 4.90 Å². The average molecular weight is 287 g/mol. The third kappa shape index (κ3) is 3.55. The fourth-order valence-corrected chi connectivity index (χ4v) is 2.18. The number of piperidine rings is 1. The van der Waals surface area contributed by atoms with Crippen LogP contribution in [-0.2, 0) is 0 Å². The van der Waals surface area contributed by atoms with Gasteiger partial charge in [-0.15, -0.1) is 0 Å². The molecule has 0 atom stereocenters. The largest absolute Gasteiger partial charge is 0.399 e. The summed E-state index contributed by atoms with van der Waals surface area (Å²) in [5.74, 6) is -1.30. The molecule has 0 radical (unpaired) electrons. The van der Waals surface area contributed by atoms with E-state index in [0.717, 1.165) is 0 Å². The van der Waals surface area contributed by atoms with Crippen LogP contribution in [0.25, 0.3) is 0 Å². The van der Waals surface area contributed by atoms with Crippen LogP contribution in [0.5, 0.6) is 0 Å². The van der Waals surface area contributed by atoms with Gasteiger partial charge in [-0.05, 0) is 37.1 Å². The van der Waals surface area contributed by atoms with Gasteiger partial charge in [0.15, 0.2) is 0 Å². The molecule has 0 spiro atoms. The number of nitrogens with two attached hydrogens (primary N) is 1. The number of halogens is 3. The summed E-state index contributed by atoms with van der Waals surface area (Å²) in [6.07, 6.45) is -4.25. The highest BCUT2D eigenvalue weighted by Crippen LogP contribution is 2.34. The Morgan fingerprint density at radius 2 is 1.75 bits per heavy atom. The summed E-state index contributed by atoms with van der Waals surface area (Å²) in [4.78, 5) is 13.3. The van der Waals surface area contributed by atoms with Crippen LogP contribution >= 0.6 is 0 Å². The molecule has 7 heteroatoms. The van der Waals surface area contributed by atoms with E-state index in [1.165, 1.54) is 4.90 Å². The molecule has 2 amide bonds. The van der Waals surface area contributed by atoms with Gasteiger partial charge in [0.05, 0.1) is 5.92 Å². The minimum atomic E-state index is -4.17. The van der Waals surface area contributed by atoms with Gasteiger partial charge in [-0.2, -0.15) is 13.2 Å². The lowest BCUT2D eigenvalue weighted by Gasteiger charge is -2.32. The van der Waals surface area contributed by atoms with Gasteiger partial charge in [0.2, 0.25) is 0 Å². The Morgan fingerprint density at radius 3 is 2.25 bits per heavy atom. The quantitative estimate of drug-likeness (QED) is 0.780. The molecule has 1 heterocycles. The summed E-state index contributed by atoms with van der Waals surface area (Å²) in [6, 6.07) is 6.21. The number of alkyl halides is 3.